The molecule has 10 heteroatoms. The first-order valence-corrected chi connectivity index (χ1v) is 9.26. The third-order valence-corrected chi connectivity index (χ3v) is 4.44. The molecule has 0 atom stereocenters. The van der Waals surface area contributed by atoms with E-state index in [0.717, 1.165) is 6.26 Å². The zero-order valence-electron chi connectivity index (χ0n) is 11.3. The summed E-state index contributed by atoms with van der Waals surface area (Å²) in [6.07, 6.45) is 3.73. The van der Waals surface area contributed by atoms with Gasteiger partial charge in [-0.3, -0.25) is 4.98 Å². The maximum atomic E-state index is 12.1. The van der Waals surface area contributed by atoms with Crippen molar-refractivity contribution in [1.29, 1.82) is 0 Å². The molecule has 1 rings (SSSR count). The molecule has 0 saturated heterocycles. The van der Waals surface area contributed by atoms with Gasteiger partial charge in [0, 0.05) is 32.0 Å². The van der Waals surface area contributed by atoms with Crippen molar-refractivity contribution in [1.82, 2.24) is 14.4 Å². The van der Waals surface area contributed by atoms with Crippen molar-refractivity contribution in [2.24, 2.45) is 0 Å². The molecule has 3 N–H and O–H groups in total. The summed E-state index contributed by atoms with van der Waals surface area (Å²) < 4.78 is 50.4. The Morgan fingerprint density at radius 1 is 1.15 bits per heavy atom. The van der Waals surface area contributed by atoms with Crippen LogP contribution in [0.3, 0.4) is 0 Å². The highest BCUT2D eigenvalue weighted by molar-refractivity contribution is 7.89. The SMILES string of the molecule is CCNc1ccncc1S(=O)(=O)NCCNS(C)(=O)=O. The van der Waals surface area contributed by atoms with Gasteiger partial charge in [0.05, 0.1) is 11.9 Å². The van der Waals surface area contributed by atoms with Gasteiger partial charge in [-0.25, -0.2) is 26.3 Å². The van der Waals surface area contributed by atoms with Crippen molar-refractivity contribution >= 4 is 25.7 Å². The molecular weight excluding hydrogens is 304 g/mol. The molecule has 1 aromatic rings. The second-order valence-corrected chi connectivity index (χ2v) is 7.53. The van der Waals surface area contributed by atoms with E-state index in [-0.39, 0.29) is 18.0 Å². The lowest BCUT2D eigenvalue weighted by molar-refractivity contribution is 0.573. The summed E-state index contributed by atoms with van der Waals surface area (Å²) in [7, 11) is -7.07. The molecule has 0 saturated carbocycles. The summed E-state index contributed by atoms with van der Waals surface area (Å²) in [4.78, 5) is 3.82. The van der Waals surface area contributed by atoms with Crippen molar-refractivity contribution in [3.05, 3.63) is 18.5 Å². The zero-order chi connectivity index (χ0) is 15.2. The maximum absolute atomic E-state index is 12.1. The first-order valence-electron chi connectivity index (χ1n) is 5.88. The summed E-state index contributed by atoms with van der Waals surface area (Å²) in [5.41, 5.74) is 0.450. The summed E-state index contributed by atoms with van der Waals surface area (Å²) >= 11 is 0. The van der Waals surface area contributed by atoms with Gasteiger partial charge in [-0.2, -0.15) is 0 Å². The number of nitrogens with one attached hydrogen (secondary N) is 3. The molecule has 0 aliphatic carbocycles. The predicted molar refractivity (Wildman–Crippen MR) is 76.4 cm³/mol. The fourth-order valence-corrected chi connectivity index (χ4v) is 3.06. The smallest absolute Gasteiger partial charge is 0.244 e. The second kappa shape index (κ2) is 6.97. The summed E-state index contributed by atoms with van der Waals surface area (Å²) in [6.45, 7) is 2.35. The van der Waals surface area contributed by atoms with Gasteiger partial charge in [0.15, 0.2) is 0 Å². The van der Waals surface area contributed by atoms with Crippen molar-refractivity contribution in [3.8, 4) is 0 Å². The fraction of sp³-hybridized carbons (Fsp3) is 0.500. The minimum Gasteiger partial charge on any atom is -0.384 e. The van der Waals surface area contributed by atoms with Gasteiger partial charge in [0.1, 0.15) is 4.90 Å². The minimum absolute atomic E-state index is 0.0190. The average Bonchev–Trinajstić information content (AvgIpc) is 2.35. The van der Waals surface area contributed by atoms with E-state index in [9.17, 15) is 16.8 Å². The Morgan fingerprint density at radius 2 is 1.80 bits per heavy atom. The van der Waals surface area contributed by atoms with Gasteiger partial charge in [-0.15, -0.1) is 0 Å². The molecule has 0 amide bonds. The molecule has 114 valence electrons. The van der Waals surface area contributed by atoms with Gasteiger partial charge in [-0.05, 0) is 13.0 Å². The van der Waals surface area contributed by atoms with E-state index in [4.69, 9.17) is 0 Å². The van der Waals surface area contributed by atoms with Crippen molar-refractivity contribution < 1.29 is 16.8 Å². The molecule has 0 aliphatic heterocycles. The number of nitrogens with zero attached hydrogens (tertiary/aromatic N) is 1. The van der Waals surface area contributed by atoms with Gasteiger partial charge in [0.2, 0.25) is 20.0 Å². The molecule has 0 unspecified atom stereocenters. The Hall–Kier alpha value is -1.23. The van der Waals surface area contributed by atoms with E-state index in [1.807, 2.05) is 6.92 Å². The second-order valence-electron chi connectivity index (χ2n) is 3.97. The van der Waals surface area contributed by atoms with Crippen LogP contribution < -0.4 is 14.8 Å². The number of sulfonamides is 2. The lowest BCUT2D eigenvalue weighted by atomic mass is 10.4. The average molecular weight is 322 g/mol. The van der Waals surface area contributed by atoms with Crippen LogP contribution in [0.5, 0.6) is 0 Å². The number of hydrogen-bond acceptors (Lipinski definition) is 6. The molecular formula is C10H18N4O4S2. The number of anilines is 1. The van der Waals surface area contributed by atoms with Gasteiger partial charge >= 0.3 is 0 Å². The van der Waals surface area contributed by atoms with Gasteiger partial charge in [0.25, 0.3) is 0 Å². The van der Waals surface area contributed by atoms with Crippen LogP contribution in [-0.2, 0) is 20.0 Å². The van der Waals surface area contributed by atoms with Crippen LogP contribution in [0.4, 0.5) is 5.69 Å². The molecule has 20 heavy (non-hydrogen) atoms. The van der Waals surface area contributed by atoms with Crippen LogP contribution in [0.25, 0.3) is 0 Å². The first kappa shape index (κ1) is 16.8. The maximum Gasteiger partial charge on any atom is 0.244 e. The summed E-state index contributed by atoms with van der Waals surface area (Å²) in [5, 5.41) is 2.93. The van der Waals surface area contributed by atoms with E-state index >= 15 is 0 Å². The number of pyridine rings is 1. The van der Waals surface area contributed by atoms with Crippen LogP contribution in [0.1, 0.15) is 6.92 Å². The Balaban J connectivity index is 2.74. The van der Waals surface area contributed by atoms with E-state index in [0.29, 0.717) is 12.2 Å². The van der Waals surface area contributed by atoms with Gasteiger partial charge < -0.3 is 5.32 Å². The van der Waals surface area contributed by atoms with E-state index in [2.05, 4.69) is 19.7 Å². The Kier molecular flexibility index (Phi) is 5.87. The molecule has 0 bridgehead atoms. The van der Waals surface area contributed by atoms with Crippen LogP contribution in [-0.4, -0.2) is 47.7 Å². The number of rotatable bonds is 8. The highest BCUT2D eigenvalue weighted by Gasteiger charge is 2.18. The monoisotopic (exact) mass is 322 g/mol. The topological polar surface area (TPSA) is 117 Å². The van der Waals surface area contributed by atoms with Crippen LogP contribution in [0.15, 0.2) is 23.4 Å². The molecule has 1 heterocycles. The minimum atomic E-state index is -3.74. The Morgan fingerprint density at radius 3 is 2.40 bits per heavy atom. The third-order valence-electron chi connectivity index (χ3n) is 2.22. The highest BCUT2D eigenvalue weighted by Crippen LogP contribution is 2.18. The number of hydrogen-bond donors (Lipinski definition) is 3. The van der Waals surface area contributed by atoms with E-state index in [1.165, 1.54) is 12.4 Å². The summed E-state index contributed by atoms with van der Waals surface area (Å²) in [5.74, 6) is 0. The molecule has 8 nitrogen and oxygen atoms in total. The fourth-order valence-electron chi connectivity index (χ4n) is 1.43. The van der Waals surface area contributed by atoms with Crippen molar-refractivity contribution in [2.75, 3.05) is 31.2 Å². The molecule has 1 aromatic heterocycles. The lowest BCUT2D eigenvalue weighted by Crippen LogP contribution is -2.34. The Bertz CT molecular complexity index is 643. The van der Waals surface area contributed by atoms with E-state index < -0.39 is 20.0 Å². The number of aromatic nitrogens is 1. The largest absolute Gasteiger partial charge is 0.384 e. The van der Waals surface area contributed by atoms with Crippen molar-refractivity contribution in [2.45, 2.75) is 11.8 Å². The Labute approximate surface area is 119 Å². The highest BCUT2D eigenvalue weighted by atomic mass is 32.2. The van der Waals surface area contributed by atoms with Crippen LogP contribution in [0.2, 0.25) is 0 Å². The zero-order valence-corrected chi connectivity index (χ0v) is 12.9. The van der Waals surface area contributed by atoms with Crippen molar-refractivity contribution in [3.63, 3.8) is 0 Å². The van der Waals surface area contributed by atoms with Gasteiger partial charge in [-0.1, -0.05) is 0 Å². The quantitative estimate of drug-likeness (QED) is 0.547. The van der Waals surface area contributed by atoms with E-state index in [1.54, 1.807) is 6.07 Å². The molecule has 0 aliphatic rings. The first-order chi connectivity index (χ1) is 9.26. The lowest BCUT2D eigenvalue weighted by Gasteiger charge is -2.11. The standard InChI is InChI=1S/C10H18N4O4S2/c1-3-12-9-4-5-11-8-10(9)20(17,18)14-7-6-13-19(2,15)16/h4-5,8,13-14H,3,6-7H2,1-2H3,(H,11,12). The molecule has 0 radical (unpaired) electrons. The predicted octanol–water partition coefficient (Wildman–Crippen LogP) is -0.659. The third kappa shape index (κ3) is 5.41. The summed E-state index contributed by atoms with van der Waals surface area (Å²) in [6, 6.07) is 1.56. The normalized spacial score (nSPS) is 12.3. The molecule has 0 spiro atoms. The molecule has 0 fully saturated rings. The van der Waals surface area contributed by atoms with Crippen LogP contribution >= 0.6 is 0 Å². The van der Waals surface area contributed by atoms with Crippen LogP contribution in [0, 0.1) is 0 Å². The molecule has 0 aromatic carbocycles.